The molecule has 0 atom stereocenters. The Bertz CT molecular complexity index is 465. The van der Waals surface area contributed by atoms with Gasteiger partial charge in [0.05, 0.1) is 4.92 Å². The number of nitro groups is 1. The number of nitrogens with zero attached hydrogens (tertiary/aromatic N) is 2. The number of hydrogen-bond acceptors (Lipinski definition) is 4. The van der Waals surface area contributed by atoms with E-state index in [9.17, 15) is 14.9 Å². The van der Waals surface area contributed by atoms with Crippen molar-refractivity contribution < 1.29 is 9.72 Å². The normalized spacial score (nSPS) is 16.4. The van der Waals surface area contributed by atoms with Crippen LogP contribution in [0.3, 0.4) is 0 Å². The summed E-state index contributed by atoms with van der Waals surface area (Å²) in [5.74, 6) is 0.436. The van der Waals surface area contributed by atoms with Crippen molar-refractivity contribution in [3.8, 4) is 0 Å². The van der Waals surface area contributed by atoms with Crippen molar-refractivity contribution in [1.29, 1.82) is 0 Å². The molecule has 1 fully saturated rings. The van der Waals surface area contributed by atoms with E-state index in [0.29, 0.717) is 31.1 Å². The van der Waals surface area contributed by atoms with Gasteiger partial charge in [-0.15, -0.1) is 0 Å². The van der Waals surface area contributed by atoms with Crippen LogP contribution < -0.4 is 5.73 Å². The Balaban J connectivity index is 2.02. The van der Waals surface area contributed by atoms with Crippen molar-refractivity contribution in [2.24, 2.45) is 11.7 Å². The number of nitrogens with two attached hydrogens (primary N) is 1. The first-order chi connectivity index (χ1) is 9.11. The lowest BCUT2D eigenvalue weighted by Gasteiger charge is -2.31. The summed E-state index contributed by atoms with van der Waals surface area (Å²) < 4.78 is 0. The van der Waals surface area contributed by atoms with Gasteiger partial charge >= 0.3 is 0 Å². The average Bonchev–Trinajstić information content (AvgIpc) is 2.46. The van der Waals surface area contributed by atoms with Gasteiger partial charge in [0, 0.05) is 30.8 Å². The Morgan fingerprint density at radius 3 is 2.37 bits per heavy atom. The lowest BCUT2D eigenvalue weighted by Crippen LogP contribution is -2.40. The topological polar surface area (TPSA) is 89.5 Å². The number of nitro benzene ring substituents is 1. The highest BCUT2D eigenvalue weighted by Crippen LogP contribution is 2.19. The molecule has 19 heavy (non-hydrogen) atoms. The summed E-state index contributed by atoms with van der Waals surface area (Å²) in [5, 5.41) is 10.6. The summed E-state index contributed by atoms with van der Waals surface area (Å²) in [6, 6.07) is 5.74. The smallest absolute Gasteiger partial charge is 0.269 e. The van der Waals surface area contributed by atoms with E-state index in [1.54, 1.807) is 4.90 Å². The molecule has 2 N–H and O–H groups in total. The number of piperidine rings is 1. The van der Waals surface area contributed by atoms with Crippen molar-refractivity contribution >= 4 is 11.6 Å². The molecule has 6 heteroatoms. The Labute approximate surface area is 111 Å². The molecule has 2 rings (SSSR count). The molecular formula is C13H17N3O3. The molecule has 1 aliphatic heterocycles. The molecule has 1 saturated heterocycles. The van der Waals surface area contributed by atoms with Crippen LogP contribution in [0, 0.1) is 16.0 Å². The molecule has 6 nitrogen and oxygen atoms in total. The van der Waals surface area contributed by atoms with Gasteiger partial charge in [-0.25, -0.2) is 0 Å². The molecule has 102 valence electrons. The molecule has 0 saturated carbocycles. The predicted molar refractivity (Wildman–Crippen MR) is 70.8 cm³/mol. The van der Waals surface area contributed by atoms with Crippen LogP contribution in [0.1, 0.15) is 23.2 Å². The Kier molecular flexibility index (Phi) is 4.11. The number of carbonyl (C=O) groups is 1. The minimum absolute atomic E-state index is 0.00149. The van der Waals surface area contributed by atoms with Crippen molar-refractivity contribution in [2.75, 3.05) is 19.6 Å². The van der Waals surface area contributed by atoms with E-state index in [2.05, 4.69) is 0 Å². The Morgan fingerprint density at radius 2 is 1.89 bits per heavy atom. The molecular weight excluding hydrogens is 246 g/mol. The number of non-ortho nitro benzene ring substituents is 1. The van der Waals surface area contributed by atoms with Crippen molar-refractivity contribution in [3.05, 3.63) is 39.9 Å². The largest absolute Gasteiger partial charge is 0.339 e. The average molecular weight is 263 g/mol. The molecule has 0 unspecified atom stereocenters. The van der Waals surface area contributed by atoms with Crippen LogP contribution in [0.5, 0.6) is 0 Å². The zero-order valence-corrected chi connectivity index (χ0v) is 10.6. The quantitative estimate of drug-likeness (QED) is 0.659. The third-order valence-corrected chi connectivity index (χ3v) is 3.56. The van der Waals surface area contributed by atoms with Crippen molar-refractivity contribution in [1.82, 2.24) is 4.90 Å². The second-order valence-electron chi connectivity index (χ2n) is 4.78. The summed E-state index contributed by atoms with van der Waals surface area (Å²) in [6.07, 6.45) is 1.85. The SMILES string of the molecule is NCC1CCN(C(=O)c2ccc([N+](=O)[O-])cc2)CC1. The van der Waals surface area contributed by atoms with Gasteiger partial charge in [0.25, 0.3) is 11.6 Å². The Hall–Kier alpha value is -1.95. The fourth-order valence-corrected chi connectivity index (χ4v) is 2.28. The summed E-state index contributed by atoms with van der Waals surface area (Å²) >= 11 is 0. The van der Waals surface area contributed by atoms with Gasteiger partial charge in [0.15, 0.2) is 0 Å². The van der Waals surface area contributed by atoms with Gasteiger partial charge in [0.1, 0.15) is 0 Å². The van der Waals surface area contributed by atoms with Gasteiger partial charge in [-0.1, -0.05) is 0 Å². The first-order valence-electron chi connectivity index (χ1n) is 6.35. The van der Waals surface area contributed by atoms with Crippen LogP contribution in [0.4, 0.5) is 5.69 Å². The van der Waals surface area contributed by atoms with Gasteiger partial charge in [0.2, 0.25) is 0 Å². The van der Waals surface area contributed by atoms with E-state index in [4.69, 9.17) is 5.73 Å². The van der Waals surface area contributed by atoms with Crippen molar-refractivity contribution in [2.45, 2.75) is 12.8 Å². The molecule has 1 aliphatic rings. The van der Waals surface area contributed by atoms with E-state index < -0.39 is 4.92 Å². The third kappa shape index (κ3) is 3.08. The highest BCUT2D eigenvalue weighted by atomic mass is 16.6. The maximum Gasteiger partial charge on any atom is 0.269 e. The second-order valence-corrected chi connectivity index (χ2v) is 4.78. The highest BCUT2D eigenvalue weighted by Gasteiger charge is 2.23. The fourth-order valence-electron chi connectivity index (χ4n) is 2.28. The first kappa shape index (κ1) is 13.5. The van der Waals surface area contributed by atoms with E-state index in [1.807, 2.05) is 0 Å². The van der Waals surface area contributed by atoms with Crippen LogP contribution in [-0.2, 0) is 0 Å². The zero-order chi connectivity index (χ0) is 13.8. The second kappa shape index (κ2) is 5.79. The minimum Gasteiger partial charge on any atom is -0.339 e. The maximum absolute atomic E-state index is 12.2. The lowest BCUT2D eigenvalue weighted by atomic mass is 9.96. The third-order valence-electron chi connectivity index (χ3n) is 3.56. The molecule has 1 aromatic rings. The molecule has 1 heterocycles. The van der Waals surface area contributed by atoms with Crippen LogP contribution in [0.25, 0.3) is 0 Å². The van der Waals surface area contributed by atoms with E-state index >= 15 is 0 Å². The van der Waals surface area contributed by atoms with Crippen molar-refractivity contribution in [3.63, 3.8) is 0 Å². The monoisotopic (exact) mass is 263 g/mol. The highest BCUT2D eigenvalue weighted by molar-refractivity contribution is 5.94. The molecule has 1 aromatic carbocycles. The minimum atomic E-state index is -0.471. The maximum atomic E-state index is 12.2. The summed E-state index contributed by atoms with van der Waals surface area (Å²) in [6.45, 7) is 2.08. The number of amides is 1. The number of hydrogen-bond donors (Lipinski definition) is 1. The summed E-state index contributed by atoms with van der Waals surface area (Å²) in [4.78, 5) is 24.1. The molecule has 0 radical (unpaired) electrons. The molecule has 0 spiro atoms. The van der Waals surface area contributed by atoms with Gasteiger partial charge in [-0.3, -0.25) is 14.9 Å². The van der Waals surface area contributed by atoms with Gasteiger partial charge in [-0.05, 0) is 37.4 Å². The molecule has 1 amide bonds. The molecule has 0 aromatic heterocycles. The van der Waals surface area contributed by atoms with Crippen LogP contribution in [0.15, 0.2) is 24.3 Å². The lowest BCUT2D eigenvalue weighted by molar-refractivity contribution is -0.384. The standard InChI is InChI=1S/C13H17N3O3/c14-9-10-5-7-15(8-6-10)13(17)11-1-3-12(4-2-11)16(18)19/h1-4,10H,5-9,14H2. The molecule has 0 aliphatic carbocycles. The van der Waals surface area contributed by atoms with Gasteiger partial charge < -0.3 is 10.6 Å². The predicted octanol–water partition coefficient (Wildman–Crippen LogP) is 1.41. The molecule has 0 bridgehead atoms. The summed E-state index contributed by atoms with van der Waals surface area (Å²) in [5.41, 5.74) is 6.11. The van der Waals surface area contributed by atoms with E-state index in [-0.39, 0.29) is 11.6 Å². The first-order valence-corrected chi connectivity index (χ1v) is 6.35. The van der Waals surface area contributed by atoms with E-state index in [1.165, 1.54) is 24.3 Å². The number of likely N-dealkylation sites (tertiary alicyclic amines) is 1. The summed E-state index contributed by atoms with van der Waals surface area (Å²) in [7, 11) is 0. The number of rotatable bonds is 3. The number of carbonyl (C=O) groups excluding carboxylic acids is 1. The number of benzene rings is 1. The zero-order valence-electron chi connectivity index (χ0n) is 10.6. The van der Waals surface area contributed by atoms with Gasteiger partial charge in [-0.2, -0.15) is 0 Å². The van der Waals surface area contributed by atoms with Crippen LogP contribution in [-0.4, -0.2) is 35.4 Å². The van der Waals surface area contributed by atoms with Crippen LogP contribution >= 0.6 is 0 Å². The van der Waals surface area contributed by atoms with E-state index in [0.717, 1.165) is 12.8 Å². The Morgan fingerprint density at radius 1 is 1.32 bits per heavy atom. The fraction of sp³-hybridized carbons (Fsp3) is 0.462. The van der Waals surface area contributed by atoms with Crippen LogP contribution in [0.2, 0.25) is 0 Å².